The Hall–Kier alpha value is -3.00. The van der Waals surface area contributed by atoms with Gasteiger partial charge >= 0.3 is 0 Å². The molecule has 0 spiro atoms. The van der Waals surface area contributed by atoms with Gasteiger partial charge in [0.2, 0.25) is 5.95 Å². The molecule has 2 aromatic heterocycles. The Balaban J connectivity index is 1.63. The molecule has 1 aromatic carbocycles. The van der Waals surface area contributed by atoms with Crippen molar-refractivity contribution < 1.29 is 10.0 Å². The molecular weight excluding hydrogens is 308 g/mol. The van der Waals surface area contributed by atoms with Gasteiger partial charge in [-0.15, -0.1) is 0 Å². The normalized spacial score (nSPS) is 17.4. The van der Waals surface area contributed by atoms with E-state index in [1.54, 1.807) is 5.48 Å². The van der Waals surface area contributed by atoms with Crippen molar-refractivity contribution in [2.75, 3.05) is 11.4 Å². The predicted octanol–water partition coefficient (Wildman–Crippen LogP) is 1.81. The fourth-order valence-corrected chi connectivity index (χ4v) is 3.07. The molecule has 24 heavy (non-hydrogen) atoms. The van der Waals surface area contributed by atoms with Crippen molar-refractivity contribution in [3.63, 3.8) is 0 Å². The number of anilines is 1. The molecule has 0 aliphatic carbocycles. The molecule has 8 nitrogen and oxygen atoms in total. The van der Waals surface area contributed by atoms with E-state index < -0.39 is 5.91 Å². The van der Waals surface area contributed by atoms with Crippen LogP contribution in [-0.4, -0.2) is 37.6 Å². The van der Waals surface area contributed by atoms with E-state index in [1.807, 2.05) is 24.3 Å². The number of hydrogen-bond donors (Lipinski definition) is 3. The molecule has 3 heterocycles. The summed E-state index contributed by atoms with van der Waals surface area (Å²) in [5, 5.41) is 8.65. The molecule has 0 radical (unpaired) electrons. The van der Waals surface area contributed by atoms with Crippen LogP contribution in [0, 0.1) is 0 Å². The first-order chi connectivity index (χ1) is 11.8. The molecule has 1 amide bonds. The van der Waals surface area contributed by atoms with Crippen molar-refractivity contribution in [3.05, 3.63) is 48.0 Å². The largest absolute Gasteiger partial charge is 0.340 e. The molecule has 122 valence electrons. The summed E-state index contributed by atoms with van der Waals surface area (Å²) in [4.78, 5) is 30.0. The number of nitrogens with one attached hydrogen (secondary N) is 2. The van der Waals surface area contributed by atoms with Gasteiger partial charge in [0.15, 0.2) is 0 Å². The quantitative estimate of drug-likeness (QED) is 0.501. The first-order valence-electron chi connectivity index (χ1n) is 7.74. The van der Waals surface area contributed by atoms with Crippen LogP contribution in [-0.2, 0) is 0 Å². The summed E-state index contributed by atoms with van der Waals surface area (Å²) >= 11 is 0. The fraction of sp³-hybridized carbons (Fsp3) is 0.250. The summed E-state index contributed by atoms with van der Waals surface area (Å²) in [5.74, 6) is 0.818. The topological polar surface area (TPSA) is 107 Å². The molecule has 1 aliphatic heterocycles. The highest BCUT2D eigenvalue weighted by Gasteiger charge is 2.30. The standard InChI is InChI=1S/C16H16N6O2/c23-15(21-24)10-8-17-16(18-9-10)22-7-3-6-13(22)14-19-11-4-1-2-5-12(11)20-14/h1-2,4-5,8-9,13,24H,3,6-7H2,(H,19,20)(H,21,23)/t13-/m0/s1. The third kappa shape index (κ3) is 2.46. The Kier molecular flexibility index (Phi) is 3.58. The molecule has 4 rings (SSSR count). The number of carbonyl (C=O) groups excluding carboxylic acids is 1. The second-order valence-electron chi connectivity index (χ2n) is 5.70. The summed E-state index contributed by atoms with van der Waals surface area (Å²) in [6.45, 7) is 0.827. The maximum atomic E-state index is 11.4. The Labute approximate surface area is 137 Å². The van der Waals surface area contributed by atoms with Crippen molar-refractivity contribution in [2.24, 2.45) is 0 Å². The van der Waals surface area contributed by atoms with Crippen LogP contribution in [0.5, 0.6) is 0 Å². The molecule has 1 fully saturated rings. The van der Waals surface area contributed by atoms with Gasteiger partial charge in [0, 0.05) is 18.9 Å². The van der Waals surface area contributed by atoms with Crippen LogP contribution in [0.2, 0.25) is 0 Å². The highest BCUT2D eigenvalue weighted by molar-refractivity contribution is 5.92. The van der Waals surface area contributed by atoms with E-state index in [9.17, 15) is 4.79 Å². The molecule has 1 aliphatic rings. The van der Waals surface area contributed by atoms with Crippen molar-refractivity contribution in [1.29, 1.82) is 0 Å². The smallest absolute Gasteiger partial charge is 0.277 e. The van der Waals surface area contributed by atoms with Gasteiger partial charge in [-0.1, -0.05) is 12.1 Å². The zero-order chi connectivity index (χ0) is 16.5. The predicted molar refractivity (Wildman–Crippen MR) is 86.7 cm³/mol. The van der Waals surface area contributed by atoms with Crippen LogP contribution in [0.15, 0.2) is 36.7 Å². The number of amides is 1. The van der Waals surface area contributed by atoms with E-state index in [2.05, 4.69) is 24.8 Å². The second-order valence-corrected chi connectivity index (χ2v) is 5.70. The number of nitrogens with zero attached hydrogens (tertiary/aromatic N) is 4. The van der Waals surface area contributed by atoms with Gasteiger partial charge in [0.25, 0.3) is 5.91 Å². The Bertz CT molecular complexity index is 843. The van der Waals surface area contributed by atoms with Gasteiger partial charge < -0.3 is 9.88 Å². The lowest BCUT2D eigenvalue weighted by atomic mass is 10.2. The molecule has 1 atom stereocenters. The minimum Gasteiger partial charge on any atom is -0.340 e. The molecule has 0 unspecified atom stereocenters. The van der Waals surface area contributed by atoms with Crippen LogP contribution < -0.4 is 10.4 Å². The number of rotatable bonds is 3. The Morgan fingerprint density at radius 3 is 2.83 bits per heavy atom. The second kappa shape index (κ2) is 5.89. The SMILES string of the molecule is O=C(NO)c1cnc(N2CCC[C@H]2c2nc3ccccc3[nH]2)nc1. The molecule has 3 aromatic rings. The lowest BCUT2D eigenvalue weighted by Gasteiger charge is -2.22. The molecule has 0 saturated carbocycles. The van der Waals surface area contributed by atoms with Crippen molar-refractivity contribution in [3.8, 4) is 0 Å². The maximum Gasteiger partial charge on any atom is 0.277 e. The van der Waals surface area contributed by atoms with Gasteiger partial charge in [0.1, 0.15) is 5.82 Å². The molecule has 8 heteroatoms. The number of benzene rings is 1. The van der Waals surface area contributed by atoms with E-state index in [4.69, 9.17) is 5.21 Å². The highest BCUT2D eigenvalue weighted by Crippen LogP contribution is 2.33. The Morgan fingerprint density at radius 2 is 2.08 bits per heavy atom. The number of hydrogen-bond acceptors (Lipinski definition) is 6. The lowest BCUT2D eigenvalue weighted by molar-refractivity contribution is 0.0705. The van der Waals surface area contributed by atoms with Crippen LogP contribution in [0.25, 0.3) is 11.0 Å². The summed E-state index contributed by atoms with van der Waals surface area (Å²) in [6, 6.07) is 8.00. The van der Waals surface area contributed by atoms with Crippen LogP contribution in [0.1, 0.15) is 35.1 Å². The minimum absolute atomic E-state index is 0.0786. The number of hydroxylamine groups is 1. The van der Waals surface area contributed by atoms with Gasteiger partial charge in [-0.3, -0.25) is 10.0 Å². The zero-order valence-electron chi connectivity index (χ0n) is 12.8. The van der Waals surface area contributed by atoms with Gasteiger partial charge in [-0.2, -0.15) is 0 Å². The molecular formula is C16H16N6O2. The summed E-state index contributed by atoms with van der Waals surface area (Å²) < 4.78 is 0. The third-order valence-corrected chi connectivity index (χ3v) is 4.23. The summed E-state index contributed by atoms with van der Waals surface area (Å²) in [7, 11) is 0. The number of aromatic nitrogens is 4. The van der Waals surface area contributed by atoms with E-state index >= 15 is 0 Å². The van der Waals surface area contributed by atoms with Crippen LogP contribution in [0.4, 0.5) is 5.95 Å². The van der Waals surface area contributed by atoms with Gasteiger partial charge in [-0.05, 0) is 25.0 Å². The first-order valence-corrected chi connectivity index (χ1v) is 7.74. The molecule has 1 saturated heterocycles. The first kappa shape index (κ1) is 14.6. The number of aromatic amines is 1. The lowest BCUT2D eigenvalue weighted by Crippen LogP contribution is -2.26. The monoisotopic (exact) mass is 324 g/mol. The number of fused-ring (bicyclic) bond motifs is 1. The van der Waals surface area contributed by atoms with Gasteiger partial charge in [0.05, 0.1) is 22.6 Å². The third-order valence-electron chi connectivity index (χ3n) is 4.23. The van der Waals surface area contributed by atoms with Gasteiger partial charge in [-0.25, -0.2) is 20.4 Å². The Morgan fingerprint density at radius 1 is 1.29 bits per heavy atom. The summed E-state index contributed by atoms with van der Waals surface area (Å²) in [6.07, 6.45) is 4.79. The molecule has 3 N–H and O–H groups in total. The zero-order valence-corrected chi connectivity index (χ0v) is 12.8. The number of H-pyrrole nitrogens is 1. The maximum absolute atomic E-state index is 11.4. The molecule has 0 bridgehead atoms. The van der Waals surface area contributed by atoms with Crippen molar-refractivity contribution in [1.82, 2.24) is 25.4 Å². The van der Waals surface area contributed by atoms with Crippen molar-refractivity contribution in [2.45, 2.75) is 18.9 Å². The number of imidazole rings is 1. The van der Waals surface area contributed by atoms with E-state index in [-0.39, 0.29) is 11.6 Å². The van der Waals surface area contributed by atoms with Crippen LogP contribution >= 0.6 is 0 Å². The summed E-state index contributed by atoms with van der Waals surface area (Å²) in [5.41, 5.74) is 3.73. The van der Waals surface area contributed by atoms with Crippen molar-refractivity contribution >= 4 is 22.9 Å². The van der Waals surface area contributed by atoms with Crippen LogP contribution in [0.3, 0.4) is 0 Å². The highest BCUT2D eigenvalue weighted by atomic mass is 16.5. The van der Waals surface area contributed by atoms with E-state index in [1.165, 1.54) is 12.4 Å². The number of para-hydroxylation sites is 2. The minimum atomic E-state index is -0.628. The average Bonchev–Trinajstić information content (AvgIpc) is 3.27. The fourth-order valence-electron chi connectivity index (χ4n) is 3.07. The van der Waals surface area contributed by atoms with E-state index in [0.29, 0.717) is 5.95 Å². The average molecular weight is 324 g/mol. The van der Waals surface area contributed by atoms with E-state index in [0.717, 1.165) is 36.2 Å². The number of carbonyl (C=O) groups is 1.